The maximum Gasteiger partial charge on any atom is 0.254 e. The van der Waals surface area contributed by atoms with Gasteiger partial charge < -0.3 is 19.5 Å². The number of amides is 1. The Kier molecular flexibility index (Phi) is 8.68. The van der Waals surface area contributed by atoms with Crippen LogP contribution < -0.4 is 4.74 Å². The van der Waals surface area contributed by atoms with Gasteiger partial charge in [0.1, 0.15) is 5.75 Å². The standard InChI is InChI=1S/C28H28BrN5O4/c1-34(2)27(36)28(18-20-8-3-5-10-23(20)29)25(22-9-4-6-11-24(22)32-33-30)38-26(31-28)19-12-14-21(15-13-19)37-17-7-16-35/h3-6,8-15,25,35H,7,16-18H2,1-2H3/t25-,28-/m1/s1. The van der Waals surface area contributed by atoms with Crippen molar-refractivity contribution >= 4 is 33.4 Å². The Balaban J connectivity index is 1.85. The SMILES string of the molecule is CN(C)C(=O)[C@]1(Cc2ccccc2Br)N=C(c2ccc(OCCCO)cc2)O[C@@H]1c1ccccc1N=[N+]=[N-]. The number of hydrogen-bond acceptors (Lipinski definition) is 6. The summed E-state index contributed by atoms with van der Waals surface area (Å²) in [7, 11) is 3.37. The van der Waals surface area contributed by atoms with Crippen LogP contribution in [0.2, 0.25) is 0 Å². The lowest BCUT2D eigenvalue weighted by atomic mass is 9.81. The number of nitrogens with zero attached hydrogens (tertiary/aromatic N) is 5. The summed E-state index contributed by atoms with van der Waals surface area (Å²) in [5.74, 6) is 0.706. The molecule has 1 aliphatic heterocycles. The van der Waals surface area contributed by atoms with Crippen molar-refractivity contribution in [3.63, 3.8) is 0 Å². The molecule has 38 heavy (non-hydrogen) atoms. The molecule has 0 aromatic heterocycles. The molecule has 4 rings (SSSR count). The largest absolute Gasteiger partial charge is 0.494 e. The van der Waals surface area contributed by atoms with Crippen molar-refractivity contribution < 1.29 is 19.4 Å². The van der Waals surface area contributed by atoms with Crippen molar-refractivity contribution in [1.29, 1.82) is 0 Å². The van der Waals surface area contributed by atoms with Crippen LogP contribution in [-0.4, -0.2) is 54.7 Å². The summed E-state index contributed by atoms with van der Waals surface area (Å²) >= 11 is 3.61. The van der Waals surface area contributed by atoms with Gasteiger partial charge in [-0.2, -0.15) is 0 Å². The third-order valence-electron chi connectivity index (χ3n) is 6.20. The number of carbonyl (C=O) groups is 1. The number of ether oxygens (including phenoxy) is 2. The topological polar surface area (TPSA) is 120 Å². The van der Waals surface area contributed by atoms with Crippen LogP contribution in [0, 0.1) is 0 Å². The molecule has 3 aromatic carbocycles. The molecule has 1 heterocycles. The van der Waals surface area contributed by atoms with Crippen LogP contribution in [0.15, 0.2) is 87.4 Å². The molecule has 0 unspecified atom stereocenters. The summed E-state index contributed by atoms with van der Waals surface area (Å²) in [5.41, 5.74) is 10.3. The zero-order valence-corrected chi connectivity index (χ0v) is 22.7. The molecule has 9 nitrogen and oxygen atoms in total. The molecule has 0 spiro atoms. The van der Waals surface area contributed by atoms with Gasteiger partial charge in [-0.05, 0) is 41.4 Å². The number of likely N-dealkylation sites (N-methyl/N-ethyl adjacent to an activating group) is 1. The van der Waals surface area contributed by atoms with Gasteiger partial charge in [0.15, 0.2) is 11.6 Å². The lowest BCUT2D eigenvalue weighted by Crippen LogP contribution is -2.49. The highest BCUT2D eigenvalue weighted by atomic mass is 79.9. The summed E-state index contributed by atoms with van der Waals surface area (Å²) in [5, 5.41) is 12.9. The van der Waals surface area contributed by atoms with Crippen LogP contribution in [0.5, 0.6) is 5.75 Å². The van der Waals surface area contributed by atoms with Crippen molar-refractivity contribution in [1.82, 2.24) is 4.90 Å². The molecule has 1 N–H and O–H groups in total. The molecule has 0 bridgehead atoms. The van der Waals surface area contributed by atoms with Gasteiger partial charge in [-0.3, -0.25) is 4.79 Å². The molecule has 1 aliphatic rings. The fraction of sp³-hybridized carbons (Fsp3) is 0.286. The van der Waals surface area contributed by atoms with E-state index in [4.69, 9.17) is 19.6 Å². The zero-order chi connectivity index (χ0) is 27.1. The van der Waals surface area contributed by atoms with E-state index >= 15 is 0 Å². The highest BCUT2D eigenvalue weighted by molar-refractivity contribution is 9.10. The normalized spacial score (nSPS) is 18.2. The molecule has 3 aromatic rings. The van der Waals surface area contributed by atoms with Crippen molar-refractivity contribution in [3.05, 3.63) is 104 Å². The number of rotatable bonds is 10. The number of aliphatic imine (C=N–C) groups is 1. The molecule has 0 saturated heterocycles. The second kappa shape index (κ2) is 12.1. The quantitative estimate of drug-likeness (QED) is 0.143. The molecule has 0 aliphatic carbocycles. The van der Waals surface area contributed by atoms with Gasteiger partial charge in [0.2, 0.25) is 5.90 Å². The Morgan fingerprint density at radius 3 is 2.55 bits per heavy atom. The van der Waals surface area contributed by atoms with Gasteiger partial charge in [-0.15, -0.1) is 0 Å². The van der Waals surface area contributed by atoms with Gasteiger partial charge in [0.05, 0.1) is 6.61 Å². The van der Waals surface area contributed by atoms with Crippen LogP contribution in [0.3, 0.4) is 0 Å². The van der Waals surface area contributed by atoms with Crippen molar-refractivity contribution in [3.8, 4) is 5.75 Å². The van der Waals surface area contributed by atoms with E-state index in [2.05, 4.69) is 26.0 Å². The highest BCUT2D eigenvalue weighted by Gasteiger charge is 2.54. The summed E-state index contributed by atoms with van der Waals surface area (Å²) in [6, 6.07) is 22.0. The first kappa shape index (κ1) is 27.2. The second-order valence-electron chi connectivity index (χ2n) is 9.01. The number of carbonyl (C=O) groups excluding carboxylic acids is 1. The Morgan fingerprint density at radius 1 is 1.16 bits per heavy atom. The summed E-state index contributed by atoms with van der Waals surface area (Å²) in [6.45, 7) is 0.457. The van der Waals surface area contributed by atoms with Crippen LogP contribution >= 0.6 is 15.9 Å². The van der Waals surface area contributed by atoms with E-state index in [9.17, 15) is 10.3 Å². The third-order valence-corrected chi connectivity index (χ3v) is 6.98. The molecule has 10 heteroatoms. The molecule has 0 fully saturated rings. The van der Waals surface area contributed by atoms with Crippen molar-refractivity contribution in [2.45, 2.75) is 24.5 Å². The van der Waals surface area contributed by atoms with E-state index in [0.29, 0.717) is 41.5 Å². The average Bonchev–Trinajstić information content (AvgIpc) is 3.30. The number of hydrogen-bond donors (Lipinski definition) is 1. The van der Waals surface area contributed by atoms with Gasteiger partial charge in [0.25, 0.3) is 5.91 Å². The number of benzene rings is 3. The first-order valence-electron chi connectivity index (χ1n) is 12.1. The summed E-state index contributed by atoms with van der Waals surface area (Å²) < 4.78 is 13.0. The Morgan fingerprint density at radius 2 is 1.87 bits per heavy atom. The van der Waals surface area contributed by atoms with E-state index in [1.54, 1.807) is 44.4 Å². The highest BCUT2D eigenvalue weighted by Crippen LogP contribution is 2.46. The monoisotopic (exact) mass is 577 g/mol. The predicted molar refractivity (Wildman–Crippen MR) is 149 cm³/mol. The van der Waals surface area contributed by atoms with Gasteiger partial charge in [-0.25, -0.2) is 4.99 Å². The Labute approximate surface area is 229 Å². The number of aliphatic hydroxyl groups is 1. The summed E-state index contributed by atoms with van der Waals surface area (Å²) in [4.78, 5) is 23.5. The van der Waals surface area contributed by atoms with E-state index in [1.807, 2.05) is 42.5 Å². The minimum absolute atomic E-state index is 0.0565. The molecule has 0 saturated carbocycles. The molecular formula is C28H28BrN5O4. The van der Waals surface area contributed by atoms with E-state index < -0.39 is 11.6 Å². The Bertz CT molecular complexity index is 1370. The number of halogens is 1. The van der Waals surface area contributed by atoms with Crippen LogP contribution in [-0.2, 0) is 16.0 Å². The second-order valence-corrected chi connectivity index (χ2v) is 9.86. The van der Waals surface area contributed by atoms with Crippen LogP contribution in [0.25, 0.3) is 10.4 Å². The van der Waals surface area contributed by atoms with Crippen molar-refractivity contribution in [2.24, 2.45) is 10.1 Å². The van der Waals surface area contributed by atoms with Gasteiger partial charge in [0, 0.05) is 59.7 Å². The lowest BCUT2D eigenvalue weighted by Gasteiger charge is -2.33. The van der Waals surface area contributed by atoms with E-state index in [1.165, 1.54) is 4.90 Å². The lowest BCUT2D eigenvalue weighted by molar-refractivity contribution is -0.137. The summed E-state index contributed by atoms with van der Waals surface area (Å²) in [6.07, 6.45) is -0.0812. The molecule has 0 radical (unpaired) electrons. The van der Waals surface area contributed by atoms with Gasteiger partial charge >= 0.3 is 0 Å². The molecule has 196 valence electrons. The molecule has 1 amide bonds. The molecular weight excluding hydrogens is 550 g/mol. The number of azide groups is 1. The fourth-order valence-corrected chi connectivity index (χ4v) is 4.84. The first-order chi connectivity index (χ1) is 18.4. The zero-order valence-electron chi connectivity index (χ0n) is 21.1. The van der Waals surface area contributed by atoms with Crippen LogP contribution in [0.4, 0.5) is 5.69 Å². The van der Waals surface area contributed by atoms with E-state index in [-0.39, 0.29) is 18.9 Å². The fourth-order valence-electron chi connectivity index (χ4n) is 4.41. The van der Waals surface area contributed by atoms with E-state index in [0.717, 1.165) is 10.0 Å². The first-order valence-corrected chi connectivity index (χ1v) is 12.9. The van der Waals surface area contributed by atoms with Crippen LogP contribution in [0.1, 0.15) is 29.2 Å². The van der Waals surface area contributed by atoms with Gasteiger partial charge in [-0.1, -0.05) is 63.5 Å². The minimum atomic E-state index is -1.37. The third kappa shape index (κ3) is 5.67. The number of aliphatic hydroxyl groups excluding tert-OH is 1. The predicted octanol–water partition coefficient (Wildman–Crippen LogP) is 5.74. The Hall–Kier alpha value is -3.85. The molecule has 2 atom stereocenters. The average molecular weight is 578 g/mol. The maximum atomic E-state index is 14.0. The smallest absolute Gasteiger partial charge is 0.254 e. The minimum Gasteiger partial charge on any atom is -0.494 e. The maximum absolute atomic E-state index is 14.0. The van der Waals surface area contributed by atoms with Crippen molar-refractivity contribution in [2.75, 3.05) is 27.3 Å².